The van der Waals surface area contributed by atoms with Crippen LogP contribution in [0.15, 0.2) is 48.7 Å². The summed E-state index contributed by atoms with van der Waals surface area (Å²) in [6.45, 7) is 1.90. The van der Waals surface area contributed by atoms with Crippen molar-refractivity contribution in [2.75, 3.05) is 5.32 Å². The molecule has 19 heavy (non-hydrogen) atoms. The quantitative estimate of drug-likeness (QED) is 0.733. The number of phenols is 1. The number of nitrogens with zero attached hydrogens (tertiary/aromatic N) is 2. The monoisotopic (exact) mass is 251 g/mol. The van der Waals surface area contributed by atoms with Gasteiger partial charge in [-0.1, -0.05) is 18.2 Å². The van der Waals surface area contributed by atoms with E-state index in [1.54, 1.807) is 18.3 Å². The summed E-state index contributed by atoms with van der Waals surface area (Å²) < 4.78 is 0. The number of rotatable bonds is 2. The highest BCUT2D eigenvalue weighted by atomic mass is 16.3. The fourth-order valence-corrected chi connectivity index (χ4v) is 1.98. The number of aromatic nitrogens is 2. The molecule has 94 valence electrons. The summed E-state index contributed by atoms with van der Waals surface area (Å²) in [4.78, 5) is 8.66. The molecule has 0 bridgehead atoms. The summed E-state index contributed by atoms with van der Waals surface area (Å²) in [6, 6.07) is 13.0. The number of phenolic OH excluding ortho intramolecular Hbond substituents is 1. The van der Waals surface area contributed by atoms with Crippen LogP contribution in [0.4, 0.5) is 11.5 Å². The van der Waals surface area contributed by atoms with Gasteiger partial charge in [0.1, 0.15) is 17.1 Å². The molecule has 0 saturated carbocycles. The van der Waals surface area contributed by atoms with Gasteiger partial charge < -0.3 is 10.4 Å². The summed E-state index contributed by atoms with van der Waals surface area (Å²) in [5.74, 6) is 0.969. The fourth-order valence-electron chi connectivity index (χ4n) is 1.98. The molecular weight excluding hydrogens is 238 g/mol. The SMILES string of the molecule is Cc1nc2c(O)cccc2cc1Nc1ccccn1. The molecule has 0 atom stereocenters. The predicted octanol–water partition coefficient (Wildman–Crippen LogP) is 3.39. The number of hydrogen-bond donors (Lipinski definition) is 2. The first-order chi connectivity index (χ1) is 9.24. The molecule has 0 unspecified atom stereocenters. The minimum atomic E-state index is 0.199. The zero-order chi connectivity index (χ0) is 13.2. The zero-order valence-corrected chi connectivity index (χ0v) is 10.5. The van der Waals surface area contributed by atoms with Crippen LogP contribution in [-0.4, -0.2) is 15.1 Å². The van der Waals surface area contributed by atoms with E-state index >= 15 is 0 Å². The van der Waals surface area contributed by atoms with E-state index in [4.69, 9.17) is 0 Å². The van der Waals surface area contributed by atoms with E-state index in [2.05, 4.69) is 15.3 Å². The fraction of sp³-hybridized carbons (Fsp3) is 0.0667. The van der Waals surface area contributed by atoms with Gasteiger partial charge in [0.25, 0.3) is 0 Å². The lowest BCUT2D eigenvalue weighted by Crippen LogP contribution is -1.97. The van der Waals surface area contributed by atoms with Crippen molar-refractivity contribution in [3.05, 3.63) is 54.4 Å². The zero-order valence-electron chi connectivity index (χ0n) is 10.5. The molecule has 1 aromatic carbocycles. The minimum Gasteiger partial charge on any atom is -0.506 e. The van der Waals surface area contributed by atoms with Crippen LogP contribution in [0, 0.1) is 6.92 Å². The summed E-state index contributed by atoms with van der Waals surface area (Å²) in [5.41, 5.74) is 2.32. The molecular formula is C15H13N3O. The molecule has 0 amide bonds. The molecule has 2 N–H and O–H groups in total. The third-order valence-electron chi connectivity index (χ3n) is 2.94. The van der Waals surface area contributed by atoms with Gasteiger partial charge in [0.15, 0.2) is 0 Å². The normalized spacial score (nSPS) is 10.6. The number of pyridine rings is 2. The van der Waals surface area contributed by atoms with Gasteiger partial charge in [0.2, 0.25) is 0 Å². The molecule has 0 fully saturated rings. The van der Waals surface area contributed by atoms with E-state index in [0.717, 1.165) is 22.6 Å². The Morgan fingerprint density at radius 2 is 2.00 bits per heavy atom. The van der Waals surface area contributed by atoms with Crippen molar-refractivity contribution in [2.24, 2.45) is 0 Å². The molecule has 2 aromatic heterocycles. The average molecular weight is 251 g/mol. The van der Waals surface area contributed by atoms with Crippen molar-refractivity contribution >= 4 is 22.4 Å². The highest BCUT2D eigenvalue weighted by Gasteiger charge is 2.06. The van der Waals surface area contributed by atoms with Gasteiger partial charge in [-0.3, -0.25) is 0 Å². The van der Waals surface area contributed by atoms with Crippen LogP contribution in [-0.2, 0) is 0 Å². The Morgan fingerprint density at radius 3 is 2.79 bits per heavy atom. The van der Waals surface area contributed by atoms with Gasteiger partial charge in [0.05, 0.1) is 11.4 Å². The molecule has 0 radical (unpaired) electrons. The lowest BCUT2D eigenvalue weighted by molar-refractivity contribution is 0.480. The van der Waals surface area contributed by atoms with Gasteiger partial charge in [-0.15, -0.1) is 0 Å². The van der Waals surface area contributed by atoms with Crippen molar-refractivity contribution in [1.29, 1.82) is 0 Å². The van der Waals surface area contributed by atoms with Crippen molar-refractivity contribution < 1.29 is 5.11 Å². The Hall–Kier alpha value is -2.62. The van der Waals surface area contributed by atoms with Gasteiger partial charge in [-0.25, -0.2) is 9.97 Å². The van der Waals surface area contributed by atoms with Crippen LogP contribution in [0.2, 0.25) is 0 Å². The number of para-hydroxylation sites is 1. The number of aromatic hydroxyl groups is 1. The topological polar surface area (TPSA) is 58.0 Å². The average Bonchev–Trinajstić information content (AvgIpc) is 2.42. The first-order valence-electron chi connectivity index (χ1n) is 6.01. The summed E-state index contributed by atoms with van der Waals surface area (Å²) >= 11 is 0. The number of nitrogens with one attached hydrogen (secondary N) is 1. The summed E-state index contributed by atoms with van der Waals surface area (Å²) in [5, 5.41) is 13.9. The maximum atomic E-state index is 9.78. The molecule has 0 aliphatic rings. The van der Waals surface area contributed by atoms with Crippen molar-refractivity contribution in [3.8, 4) is 5.75 Å². The van der Waals surface area contributed by atoms with E-state index in [1.165, 1.54) is 0 Å². The van der Waals surface area contributed by atoms with Crippen LogP contribution in [0.3, 0.4) is 0 Å². The molecule has 0 saturated heterocycles. The highest BCUT2D eigenvalue weighted by molar-refractivity contribution is 5.87. The largest absolute Gasteiger partial charge is 0.506 e. The third-order valence-corrected chi connectivity index (χ3v) is 2.94. The van der Waals surface area contributed by atoms with Crippen LogP contribution in [0.25, 0.3) is 10.9 Å². The Labute approximate surface area is 110 Å². The van der Waals surface area contributed by atoms with Crippen LogP contribution < -0.4 is 5.32 Å². The second-order valence-corrected chi connectivity index (χ2v) is 4.31. The smallest absolute Gasteiger partial charge is 0.141 e. The number of fused-ring (bicyclic) bond motifs is 1. The van der Waals surface area contributed by atoms with E-state index in [9.17, 15) is 5.11 Å². The number of aryl methyl sites for hydroxylation is 1. The van der Waals surface area contributed by atoms with Crippen molar-refractivity contribution in [3.63, 3.8) is 0 Å². The molecule has 0 spiro atoms. The van der Waals surface area contributed by atoms with E-state index < -0.39 is 0 Å². The Balaban J connectivity index is 2.07. The lowest BCUT2D eigenvalue weighted by atomic mass is 10.1. The molecule has 0 aliphatic heterocycles. The van der Waals surface area contributed by atoms with Gasteiger partial charge in [-0.05, 0) is 31.2 Å². The molecule has 3 rings (SSSR count). The van der Waals surface area contributed by atoms with Gasteiger partial charge in [-0.2, -0.15) is 0 Å². The van der Waals surface area contributed by atoms with Crippen LogP contribution in [0.1, 0.15) is 5.69 Å². The second-order valence-electron chi connectivity index (χ2n) is 4.31. The third kappa shape index (κ3) is 2.20. The highest BCUT2D eigenvalue weighted by Crippen LogP contribution is 2.27. The maximum Gasteiger partial charge on any atom is 0.141 e. The maximum absolute atomic E-state index is 9.78. The van der Waals surface area contributed by atoms with Crippen LogP contribution in [0.5, 0.6) is 5.75 Å². The molecule has 2 heterocycles. The molecule has 3 aromatic rings. The van der Waals surface area contributed by atoms with Gasteiger partial charge in [0, 0.05) is 11.6 Å². The number of anilines is 2. The second kappa shape index (κ2) is 4.57. The minimum absolute atomic E-state index is 0.199. The van der Waals surface area contributed by atoms with E-state index in [1.807, 2.05) is 37.3 Å². The Morgan fingerprint density at radius 1 is 1.11 bits per heavy atom. The summed E-state index contributed by atoms with van der Waals surface area (Å²) in [6.07, 6.45) is 1.73. The summed E-state index contributed by atoms with van der Waals surface area (Å²) in [7, 11) is 0. The molecule has 0 aliphatic carbocycles. The van der Waals surface area contributed by atoms with E-state index in [-0.39, 0.29) is 5.75 Å². The van der Waals surface area contributed by atoms with Crippen molar-refractivity contribution in [1.82, 2.24) is 9.97 Å². The van der Waals surface area contributed by atoms with Gasteiger partial charge >= 0.3 is 0 Å². The number of hydrogen-bond acceptors (Lipinski definition) is 4. The lowest BCUT2D eigenvalue weighted by Gasteiger charge is -2.10. The first-order valence-corrected chi connectivity index (χ1v) is 6.01. The molecule has 4 nitrogen and oxygen atoms in total. The molecule has 4 heteroatoms. The van der Waals surface area contributed by atoms with Crippen LogP contribution >= 0.6 is 0 Å². The standard InChI is InChI=1S/C15H13N3O/c1-10-12(18-14-7-2-3-8-16-14)9-11-5-4-6-13(19)15(11)17-10/h2-9,19H,1H3,(H,16,18). The predicted molar refractivity (Wildman–Crippen MR) is 75.7 cm³/mol. The Bertz CT molecular complexity index is 726. The Kier molecular flexibility index (Phi) is 2.76. The van der Waals surface area contributed by atoms with Crippen molar-refractivity contribution in [2.45, 2.75) is 6.92 Å². The first kappa shape index (κ1) is 11.5. The van der Waals surface area contributed by atoms with E-state index in [0.29, 0.717) is 5.52 Å². The number of benzene rings is 1.